The van der Waals surface area contributed by atoms with E-state index >= 15 is 0 Å². The Hall–Kier alpha value is -2.30. The molecule has 0 spiro atoms. The van der Waals surface area contributed by atoms with E-state index in [1.165, 1.54) is 13.2 Å². The molecule has 1 N–H and O–H groups in total. The van der Waals surface area contributed by atoms with E-state index in [0.29, 0.717) is 68.1 Å². The normalized spacial score (nSPS) is 25.2. The molecule has 0 radical (unpaired) electrons. The van der Waals surface area contributed by atoms with Crippen LogP contribution in [0.15, 0.2) is 53.8 Å². The lowest BCUT2D eigenvalue weighted by Gasteiger charge is -2.45. The van der Waals surface area contributed by atoms with Gasteiger partial charge in [-0.15, -0.1) is 0 Å². The molecule has 10 heteroatoms. The Morgan fingerprint density at radius 1 is 0.949 bits per heavy atom. The molecule has 216 valence electrons. The lowest BCUT2D eigenvalue weighted by Crippen LogP contribution is -2.49. The highest BCUT2D eigenvalue weighted by molar-refractivity contribution is 5.44. The van der Waals surface area contributed by atoms with Crippen molar-refractivity contribution in [1.29, 1.82) is 0 Å². The third-order valence-corrected chi connectivity index (χ3v) is 8.02. The summed E-state index contributed by atoms with van der Waals surface area (Å²) in [6.07, 6.45) is -1.23. The van der Waals surface area contributed by atoms with Crippen molar-refractivity contribution < 1.29 is 40.9 Å². The summed E-state index contributed by atoms with van der Waals surface area (Å²) in [5.74, 6) is 0. The van der Waals surface area contributed by atoms with Crippen molar-refractivity contribution in [2.24, 2.45) is 0 Å². The molecule has 39 heavy (non-hydrogen) atoms. The highest BCUT2D eigenvalue weighted by atomic mass is 19.4. The zero-order valence-electron chi connectivity index (χ0n) is 22.3. The predicted molar refractivity (Wildman–Crippen MR) is 135 cm³/mol. The van der Waals surface area contributed by atoms with Gasteiger partial charge in [-0.3, -0.25) is 0 Å². The minimum absolute atomic E-state index is 0.0927. The number of alkyl halides is 6. The molecular weight excluding hydrogens is 524 g/mol. The molecular formula is C29H35F6NO3. The first kappa shape index (κ1) is 29.7. The molecule has 1 aromatic rings. The van der Waals surface area contributed by atoms with Gasteiger partial charge in [-0.1, -0.05) is 12.2 Å². The molecule has 1 aromatic carbocycles. The first-order chi connectivity index (χ1) is 18.1. The van der Waals surface area contributed by atoms with Crippen molar-refractivity contribution in [1.82, 2.24) is 4.90 Å². The fraction of sp³-hybridized carbons (Fsp3) is 0.586. The van der Waals surface area contributed by atoms with E-state index in [2.05, 4.69) is 18.7 Å². The number of rotatable bonds is 6. The predicted octanol–water partition coefficient (Wildman–Crippen LogP) is 7.36. The average Bonchev–Trinajstić information content (AvgIpc) is 2.88. The molecule has 4 nitrogen and oxygen atoms in total. The van der Waals surface area contributed by atoms with Crippen molar-refractivity contribution >= 4 is 0 Å². The van der Waals surface area contributed by atoms with Crippen LogP contribution in [0.2, 0.25) is 0 Å². The van der Waals surface area contributed by atoms with Crippen LogP contribution in [0.25, 0.3) is 0 Å². The van der Waals surface area contributed by atoms with E-state index in [9.17, 15) is 31.4 Å². The number of allylic oxidation sites excluding steroid dienone is 1. The largest absolute Gasteiger partial charge is 0.497 e. The van der Waals surface area contributed by atoms with Gasteiger partial charge in [0.2, 0.25) is 0 Å². The smallest absolute Gasteiger partial charge is 0.416 e. The van der Waals surface area contributed by atoms with E-state index in [0.717, 1.165) is 6.42 Å². The second kappa shape index (κ2) is 10.9. The minimum Gasteiger partial charge on any atom is -0.497 e. The second-order valence-electron chi connectivity index (χ2n) is 11.0. The van der Waals surface area contributed by atoms with Crippen LogP contribution in [0.5, 0.6) is 0 Å². The number of ether oxygens (including phenoxy) is 2. The summed E-state index contributed by atoms with van der Waals surface area (Å²) < 4.78 is 93.2. The SMILES string of the molecule is CC(C)N1CCC(O)(C2=C(C3(O[C@H](C)c4cc(C(F)(F)F)cc(C(F)(F)F)c4)C=CCCC3)COC=C2)CC1. The van der Waals surface area contributed by atoms with Crippen molar-refractivity contribution in [3.8, 4) is 0 Å². The summed E-state index contributed by atoms with van der Waals surface area (Å²) in [5.41, 5.74) is -4.01. The summed E-state index contributed by atoms with van der Waals surface area (Å²) in [6, 6.07) is 1.87. The molecule has 4 rings (SSSR count). The third-order valence-electron chi connectivity index (χ3n) is 8.02. The van der Waals surface area contributed by atoms with Crippen LogP contribution < -0.4 is 0 Å². The van der Waals surface area contributed by atoms with E-state index in [-0.39, 0.29) is 18.2 Å². The fourth-order valence-corrected chi connectivity index (χ4v) is 5.75. The summed E-state index contributed by atoms with van der Waals surface area (Å²) in [7, 11) is 0. The first-order valence-corrected chi connectivity index (χ1v) is 13.3. The number of piperidine rings is 1. The Morgan fingerprint density at radius 2 is 1.56 bits per heavy atom. The van der Waals surface area contributed by atoms with Gasteiger partial charge in [0, 0.05) is 24.7 Å². The molecule has 0 amide bonds. The highest BCUT2D eigenvalue weighted by Gasteiger charge is 2.45. The van der Waals surface area contributed by atoms with Crippen LogP contribution in [-0.4, -0.2) is 46.9 Å². The van der Waals surface area contributed by atoms with E-state index in [1.807, 2.05) is 12.2 Å². The number of aliphatic hydroxyl groups is 1. The molecule has 0 saturated carbocycles. The Bertz CT molecular complexity index is 1100. The van der Waals surface area contributed by atoms with E-state index < -0.39 is 40.8 Å². The molecule has 1 aliphatic carbocycles. The van der Waals surface area contributed by atoms with Crippen molar-refractivity contribution in [2.75, 3.05) is 19.7 Å². The summed E-state index contributed by atoms with van der Waals surface area (Å²) >= 11 is 0. The monoisotopic (exact) mass is 559 g/mol. The van der Waals surface area contributed by atoms with Crippen LogP contribution in [0.4, 0.5) is 26.3 Å². The molecule has 2 heterocycles. The first-order valence-electron chi connectivity index (χ1n) is 13.3. The maximum Gasteiger partial charge on any atom is 0.416 e. The van der Waals surface area contributed by atoms with Crippen LogP contribution in [0, 0.1) is 0 Å². The van der Waals surface area contributed by atoms with Crippen molar-refractivity contribution in [3.63, 3.8) is 0 Å². The average molecular weight is 560 g/mol. The molecule has 3 aliphatic rings. The number of hydrogen-bond acceptors (Lipinski definition) is 4. The number of hydrogen-bond donors (Lipinski definition) is 1. The second-order valence-corrected chi connectivity index (χ2v) is 11.0. The van der Waals surface area contributed by atoms with E-state index in [4.69, 9.17) is 9.47 Å². The lowest BCUT2D eigenvalue weighted by molar-refractivity contribution is -0.143. The van der Waals surface area contributed by atoms with E-state index in [1.54, 1.807) is 6.08 Å². The molecule has 2 atom stereocenters. The molecule has 1 unspecified atom stereocenters. The maximum absolute atomic E-state index is 13.5. The maximum atomic E-state index is 13.5. The standard InChI is InChI=1S/C29H35F6NO3/c1-19(2)36-12-10-26(37,11-13-36)24-7-14-38-18-25(24)27(8-5-4-6-9-27)39-20(3)21-15-22(28(30,31)32)17-23(16-21)29(33,34)35/h5,7-8,14-17,19-20,37H,4,6,9-13,18H2,1-3H3/t20-,27?/m1/s1. The third kappa shape index (κ3) is 6.38. The number of nitrogens with zero attached hydrogens (tertiary/aromatic N) is 1. The van der Waals surface area contributed by atoms with Crippen LogP contribution in [0.1, 0.15) is 75.7 Å². The van der Waals surface area contributed by atoms with Gasteiger partial charge in [0.25, 0.3) is 0 Å². The van der Waals surface area contributed by atoms with Crippen LogP contribution in [0.3, 0.4) is 0 Å². The molecule has 1 fully saturated rings. The Balaban J connectivity index is 1.75. The minimum atomic E-state index is -4.95. The molecule has 0 bridgehead atoms. The van der Waals surface area contributed by atoms with Gasteiger partial charge in [-0.25, -0.2) is 0 Å². The van der Waals surface area contributed by atoms with Gasteiger partial charge in [0.05, 0.1) is 29.1 Å². The van der Waals surface area contributed by atoms with Crippen molar-refractivity contribution in [3.05, 3.63) is 70.5 Å². The number of halogens is 6. The van der Waals surface area contributed by atoms with Gasteiger partial charge < -0.3 is 19.5 Å². The Kier molecular flexibility index (Phi) is 8.32. The quantitative estimate of drug-likeness (QED) is 0.292. The summed E-state index contributed by atoms with van der Waals surface area (Å²) in [5, 5.41) is 11.8. The fourth-order valence-electron chi connectivity index (χ4n) is 5.75. The molecule has 1 saturated heterocycles. The summed E-state index contributed by atoms with van der Waals surface area (Å²) in [6.45, 7) is 7.11. The van der Waals surface area contributed by atoms with Crippen LogP contribution in [-0.2, 0) is 21.8 Å². The summed E-state index contributed by atoms with van der Waals surface area (Å²) in [4.78, 5) is 2.28. The Labute approximate surface area is 225 Å². The number of benzene rings is 1. The highest BCUT2D eigenvalue weighted by Crippen LogP contribution is 2.45. The van der Waals surface area contributed by atoms with Gasteiger partial charge in [-0.2, -0.15) is 26.3 Å². The van der Waals surface area contributed by atoms with Gasteiger partial charge in [-0.05, 0) is 88.3 Å². The molecule has 2 aliphatic heterocycles. The van der Waals surface area contributed by atoms with Gasteiger partial charge in [0.15, 0.2) is 0 Å². The van der Waals surface area contributed by atoms with Gasteiger partial charge in [0.1, 0.15) is 12.2 Å². The zero-order chi connectivity index (χ0) is 28.6. The molecule has 0 aromatic heterocycles. The van der Waals surface area contributed by atoms with Crippen molar-refractivity contribution in [2.45, 2.75) is 88.6 Å². The number of likely N-dealkylation sites (tertiary alicyclic amines) is 1. The Morgan fingerprint density at radius 3 is 2.08 bits per heavy atom. The van der Waals surface area contributed by atoms with Crippen LogP contribution >= 0.6 is 0 Å². The van der Waals surface area contributed by atoms with Gasteiger partial charge >= 0.3 is 12.4 Å². The topological polar surface area (TPSA) is 41.9 Å². The lowest BCUT2D eigenvalue weighted by atomic mass is 9.74. The zero-order valence-corrected chi connectivity index (χ0v) is 22.3.